The van der Waals surface area contributed by atoms with Gasteiger partial charge in [0.15, 0.2) is 0 Å². The first-order valence-corrected chi connectivity index (χ1v) is 3.54. The molecule has 0 rings (SSSR count). The molecule has 2 amide bonds. The van der Waals surface area contributed by atoms with E-state index in [2.05, 4.69) is 10.6 Å². The molecule has 0 aromatic carbocycles. The third kappa shape index (κ3) is 5.51. The lowest BCUT2D eigenvalue weighted by Crippen LogP contribution is -2.34. The highest BCUT2D eigenvalue weighted by molar-refractivity contribution is 7.39. The molecule has 0 aliphatic rings. The maximum Gasteiger partial charge on any atom is 0.239 e. The van der Waals surface area contributed by atoms with Gasteiger partial charge >= 0.3 is 0 Å². The van der Waals surface area contributed by atoms with Crippen LogP contribution in [0, 0.1) is 0 Å². The van der Waals surface area contributed by atoms with Crippen LogP contribution in [0.2, 0.25) is 0 Å². The van der Waals surface area contributed by atoms with E-state index < -0.39 is 0 Å². The van der Waals surface area contributed by atoms with Gasteiger partial charge in [-0.15, -0.1) is 0 Å². The quantitative estimate of drug-likeness (QED) is 0.560. The molecule has 10 heavy (non-hydrogen) atoms. The van der Waals surface area contributed by atoms with Gasteiger partial charge in [-0.1, -0.05) is 0 Å². The summed E-state index contributed by atoms with van der Waals surface area (Å²) in [4.78, 5) is 20.8. The minimum atomic E-state index is -0.272. The van der Waals surface area contributed by atoms with Crippen LogP contribution < -0.4 is 10.6 Å². The first-order chi connectivity index (χ1) is 4.66. The Morgan fingerprint density at radius 2 is 2.00 bits per heavy atom. The summed E-state index contributed by atoms with van der Waals surface area (Å²) in [7, 11) is 1.93. The zero-order valence-corrected chi connectivity index (χ0v) is 6.96. The second-order valence-corrected chi connectivity index (χ2v) is 2.20. The number of carbonyl (C=O) groups is 2. The lowest BCUT2D eigenvalue weighted by atomic mass is 10.5. The highest BCUT2D eigenvalue weighted by Crippen LogP contribution is 1.79. The molecule has 58 valence electrons. The van der Waals surface area contributed by atoms with Crippen molar-refractivity contribution >= 4 is 20.8 Å². The molecule has 0 bridgehead atoms. The minimum absolute atomic E-state index is 0.0518. The van der Waals surface area contributed by atoms with Gasteiger partial charge in [-0.2, -0.15) is 0 Å². The van der Waals surface area contributed by atoms with Gasteiger partial charge < -0.3 is 10.6 Å². The molecule has 5 heteroatoms. The highest BCUT2D eigenvalue weighted by Gasteiger charge is 1.97. The Bertz CT molecular complexity index is 138. The van der Waals surface area contributed by atoms with E-state index in [0.29, 0.717) is 6.54 Å². The summed E-state index contributed by atoms with van der Waals surface area (Å²) in [6.45, 7) is 2.46. The lowest BCUT2D eigenvalue weighted by Gasteiger charge is -2.00. The molecule has 0 saturated carbocycles. The third-order valence-electron chi connectivity index (χ3n) is 0.797. The maximum atomic E-state index is 10.6. The second kappa shape index (κ2) is 5.18. The summed E-state index contributed by atoms with van der Waals surface area (Å²) in [5.74, 6) is -0.168. The molecule has 0 aliphatic heterocycles. The number of amides is 2. The van der Waals surface area contributed by atoms with Crippen molar-refractivity contribution in [3.63, 3.8) is 0 Å². The monoisotopic (exact) mass is 162 g/mol. The fraction of sp³-hybridized carbons (Fsp3) is 0.600. The molecule has 0 aromatic heterocycles. The van der Waals surface area contributed by atoms with Crippen molar-refractivity contribution in [1.82, 2.24) is 10.6 Å². The van der Waals surface area contributed by atoms with Crippen LogP contribution in [0.15, 0.2) is 0 Å². The van der Waals surface area contributed by atoms with Gasteiger partial charge in [0.25, 0.3) is 0 Å². The van der Waals surface area contributed by atoms with E-state index in [9.17, 15) is 9.59 Å². The molecule has 0 aliphatic carbocycles. The van der Waals surface area contributed by atoms with Gasteiger partial charge in [0.1, 0.15) is 0 Å². The normalized spacial score (nSPS) is 8.60. The zero-order valence-electron chi connectivity index (χ0n) is 5.81. The lowest BCUT2D eigenvalue weighted by molar-refractivity contribution is -0.119. The third-order valence-corrected chi connectivity index (χ3v) is 1.00. The van der Waals surface area contributed by atoms with Gasteiger partial charge in [0.2, 0.25) is 11.6 Å². The first-order valence-electron chi connectivity index (χ1n) is 2.96. The number of carbonyl (C=O) groups excluding carboxylic acids is 2. The maximum absolute atomic E-state index is 10.6. The van der Waals surface area contributed by atoms with Gasteiger partial charge in [0.05, 0.1) is 6.54 Å². The topological polar surface area (TPSA) is 58.2 Å². The van der Waals surface area contributed by atoms with E-state index in [0.717, 1.165) is 0 Å². The molecule has 0 saturated heterocycles. The van der Waals surface area contributed by atoms with E-state index in [1.54, 1.807) is 0 Å². The average molecular weight is 162 g/mol. The van der Waals surface area contributed by atoms with Crippen LogP contribution in [0.1, 0.15) is 6.92 Å². The number of nitrogens with one attached hydrogen (secondary N) is 2. The summed E-state index contributed by atoms with van der Waals surface area (Å²) in [5.41, 5.74) is -0.272. The van der Waals surface area contributed by atoms with E-state index in [1.165, 1.54) is 0 Å². The van der Waals surface area contributed by atoms with Crippen LogP contribution in [0.3, 0.4) is 0 Å². The SMILES string of the molecule is CCNC(=O)CNC(=O)P. The molecule has 4 nitrogen and oxygen atoms in total. The highest BCUT2D eigenvalue weighted by atomic mass is 31.0. The van der Waals surface area contributed by atoms with Crippen molar-refractivity contribution in [2.45, 2.75) is 6.92 Å². The Hall–Kier alpha value is -0.630. The van der Waals surface area contributed by atoms with Crippen molar-refractivity contribution in [1.29, 1.82) is 0 Å². The van der Waals surface area contributed by atoms with Crippen LogP contribution in [0.5, 0.6) is 0 Å². The van der Waals surface area contributed by atoms with Crippen LogP contribution in [0.25, 0.3) is 0 Å². The molecule has 0 fully saturated rings. The number of hydrogen-bond donors (Lipinski definition) is 2. The van der Waals surface area contributed by atoms with Crippen molar-refractivity contribution in [3.05, 3.63) is 0 Å². The largest absolute Gasteiger partial charge is 0.355 e. The van der Waals surface area contributed by atoms with Crippen molar-refractivity contribution in [2.75, 3.05) is 13.1 Å². The smallest absolute Gasteiger partial charge is 0.239 e. The fourth-order valence-corrected chi connectivity index (χ4v) is 0.529. The predicted molar refractivity (Wildman–Crippen MR) is 41.8 cm³/mol. The van der Waals surface area contributed by atoms with Crippen molar-refractivity contribution in [2.24, 2.45) is 0 Å². The standard InChI is InChI=1S/C5H11N2O2P/c1-2-6-4(8)3-7-5(9)10/h2-3,10H2,1H3,(H,6,8)(H,7,9). The predicted octanol–water partition coefficient (Wildman–Crippen LogP) is -0.293. The molecule has 2 N–H and O–H groups in total. The van der Waals surface area contributed by atoms with Crippen LogP contribution in [-0.2, 0) is 4.79 Å². The summed E-state index contributed by atoms with van der Waals surface area (Å²) in [6.07, 6.45) is 0. The molecular weight excluding hydrogens is 151 g/mol. The zero-order chi connectivity index (χ0) is 7.98. The van der Waals surface area contributed by atoms with Gasteiger partial charge in [-0.25, -0.2) is 0 Å². The average Bonchev–Trinajstić information content (AvgIpc) is 1.85. The van der Waals surface area contributed by atoms with E-state index in [4.69, 9.17) is 0 Å². The van der Waals surface area contributed by atoms with Crippen molar-refractivity contribution in [3.8, 4) is 0 Å². The Kier molecular flexibility index (Phi) is 4.85. The van der Waals surface area contributed by atoms with E-state index >= 15 is 0 Å². The molecule has 0 radical (unpaired) electrons. The van der Waals surface area contributed by atoms with Crippen molar-refractivity contribution < 1.29 is 9.59 Å². The Balaban J connectivity index is 3.30. The molecular formula is C5H11N2O2P. The Labute approximate surface area is 62.0 Å². The minimum Gasteiger partial charge on any atom is -0.355 e. The van der Waals surface area contributed by atoms with E-state index in [1.807, 2.05) is 16.2 Å². The van der Waals surface area contributed by atoms with E-state index in [-0.39, 0.29) is 18.1 Å². The van der Waals surface area contributed by atoms with Crippen LogP contribution in [-0.4, -0.2) is 24.6 Å². The van der Waals surface area contributed by atoms with Crippen LogP contribution >= 0.6 is 9.24 Å². The molecule has 0 aromatic rings. The van der Waals surface area contributed by atoms with Gasteiger partial charge in [-0.3, -0.25) is 9.59 Å². The fourth-order valence-electron chi connectivity index (χ4n) is 0.427. The number of rotatable bonds is 3. The number of likely N-dealkylation sites (N-methyl/N-ethyl adjacent to an activating group) is 1. The summed E-state index contributed by atoms with van der Waals surface area (Å²) in [5, 5.41) is 4.88. The van der Waals surface area contributed by atoms with Crippen LogP contribution in [0.4, 0.5) is 4.79 Å². The Morgan fingerprint density at radius 3 is 2.40 bits per heavy atom. The Morgan fingerprint density at radius 1 is 1.40 bits per heavy atom. The van der Waals surface area contributed by atoms with Gasteiger partial charge in [-0.05, 0) is 16.2 Å². The summed E-state index contributed by atoms with van der Waals surface area (Å²) >= 11 is 0. The summed E-state index contributed by atoms with van der Waals surface area (Å²) in [6, 6.07) is 0. The second-order valence-electron chi connectivity index (χ2n) is 1.67. The number of hydrogen-bond acceptors (Lipinski definition) is 2. The first kappa shape index (κ1) is 9.37. The van der Waals surface area contributed by atoms with Gasteiger partial charge in [0, 0.05) is 6.54 Å². The molecule has 1 atom stereocenters. The molecule has 1 unspecified atom stereocenters. The summed E-state index contributed by atoms with van der Waals surface area (Å²) < 4.78 is 0. The molecule has 0 heterocycles. The molecule has 0 spiro atoms.